The maximum atomic E-state index is 13.2. The lowest BCUT2D eigenvalue weighted by Gasteiger charge is -2.47. The number of hydrogen-bond donors (Lipinski definition) is 4. The van der Waals surface area contributed by atoms with E-state index in [1.54, 1.807) is 6.07 Å². The lowest BCUT2D eigenvalue weighted by molar-refractivity contribution is -0.200. The van der Waals surface area contributed by atoms with Crippen molar-refractivity contribution in [1.29, 1.82) is 0 Å². The number of carbonyl (C=O) groups excluding carboxylic acids is 3. The fourth-order valence-corrected chi connectivity index (χ4v) is 8.51. The van der Waals surface area contributed by atoms with Crippen LogP contribution in [0.25, 0.3) is 0 Å². The van der Waals surface area contributed by atoms with Crippen molar-refractivity contribution in [2.75, 3.05) is 71.0 Å². The van der Waals surface area contributed by atoms with Crippen LogP contribution in [-0.4, -0.2) is 132 Å². The van der Waals surface area contributed by atoms with Gasteiger partial charge in [-0.15, -0.1) is 0 Å². The average Bonchev–Trinajstić information content (AvgIpc) is 3.20. The highest BCUT2D eigenvalue weighted by Crippen LogP contribution is 2.39. The highest BCUT2D eigenvalue weighted by atomic mass is 19.4. The third-order valence-electron chi connectivity index (χ3n) is 11.7. The zero-order valence-corrected chi connectivity index (χ0v) is 32.7. The third-order valence-corrected chi connectivity index (χ3v) is 11.7. The number of anilines is 1. The molecule has 58 heavy (non-hydrogen) atoms. The number of halogens is 3. The first kappa shape index (κ1) is 43.0. The number of nitrogens with zero attached hydrogens (tertiary/aromatic N) is 3. The number of ether oxygens (including phenoxy) is 3. The summed E-state index contributed by atoms with van der Waals surface area (Å²) in [5, 5.41) is 25.4. The van der Waals surface area contributed by atoms with Crippen molar-refractivity contribution < 1.29 is 56.8 Å². The number of fused-ring (bicyclic) bond motifs is 1. The summed E-state index contributed by atoms with van der Waals surface area (Å²) >= 11 is 0. The summed E-state index contributed by atoms with van der Waals surface area (Å²) in [6.07, 6.45) is 1.14. The van der Waals surface area contributed by atoms with Gasteiger partial charge in [0.15, 0.2) is 12.4 Å². The van der Waals surface area contributed by atoms with Crippen LogP contribution in [0.1, 0.15) is 68.1 Å². The van der Waals surface area contributed by atoms with E-state index in [-0.39, 0.29) is 88.1 Å². The predicted molar refractivity (Wildman–Crippen MR) is 205 cm³/mol. The smallest absolute Gasteiger partial charge is 0.471 e. The molecule has 17 heteroatoms. The number of phenols is 1. The number of benzene rings is 2. The molecule has 6 rings (SSSR count). The Morgan fingerprint density at radius 1 is 1.03 bits per heavy atom. The molecule has 0 aromatic heterocycles. The van der Waals surface area contributed by atoms with Crippen molar-refractivity contribution in [2.45, 2.75) is 88.6 Å². The van der Waals surface area contributed by atoms with Crippen molar-refractivity contribution in [2.24, 2.45) is 5.92 Å². The van der Waals surface area contributed by atoms with Crippen LogP contribution in [0.15, 0.2) is 36.4 Å². The number of carboxylic acid groups (broad SMARTS) is 1. The monoisotopic (exact) mass is 817 g/mol. The molecule has 3 fully saturated rings. The van der Waals surface area contributed by atoms with E-state index in [9.17, 15) is 42.6 Å². The van der Waals surface area contributed by atoms with Crippen molar-refractivity contribution >= 4 is 29.5 Å². The first-order valence-corrected chi connectivity index (χ1v) is 20.2. The molecule has 1 unspecified atom stereocenters. The number of morpholine rings is 1. The number of piperidine rings is 1. The Hall–Kier alpha value is -4.61. The van der Waals surface area contributed by atoms with Gasteiger partial charge in [0.1, 0.15) is 11.4 Å². The van der Waals surface area contributed by atoms with Gasteiger partial charge in [-0.1, -0.05) is 49.6 Å². The van der Waals surface area contributed by atoms with Crippen LogP contribution >= 0.6 is 0 Å². The van der Waals surface area contributed by atoms with Crippen molar-refractivity contribution in [3.05, 3.63) is 53.1 Å². The van der Waals surface area contributed by atoms with Gasteiger partial charge >= 0.3 is 18.2 Å². The topological polar surface area (TPSA) is 170 Å². The van der Waals surface area contributed by atoms with Gasteiger partial charge in [0.25, 0.3) is 5.91 Å². The summed E-state index contributed by atoms with van der Waals surface area (Å²) in [5.74, 6) is -1.98. The fraction of sp³-hybridized carbons (Fsp3) is 0.610. The molecule has 1 aliphatic carbocycles. The number of aromatic hydroxyl groups is 1. The normalized spacial score (nSPS) is 19.2. The van der Waals surface area contributed by atoms with Gasteiger partial charge in [-0.05, 0) is 67.2 Å². The standard InChI is InChI=1S/C41H54F3N5O9/c42-41(43,44)38(53)49-20-22-58-40(27-49)13-17-47(18-14-40)25-29-6-4-5-28(23-29)12-21-56-33(30-7-2-1-3-8-30)24-34(51)45-15-19-48(39(54)55)16-11-31-9-10-32(50)36-37(31)57-26-35(52)46-36/h4-6,9-10,23,30,33,50H,1-3,7-8,11-22,24-27H2,(H,45,51)(H,46,52)(H,54,55). The largest absolute Gasteiger partial charge is 0.506 e. The van der Waals surface area contributed by atoms with Crippen LogP contribution in [-0.2, 0) is 43.2 Å². The van der Waals surface area contributed by atoms with E-state index in [1.807, 2.05) is 18.2 Å². The maximum Gasteiger partial charge on any atom is 0.471 e. The lowest BCUT2D eigenvalue weighted by Crippen LogP contribution is -2.59. The Labute approximate surface area is 335 Å². The predicted octanol–water partition coefficient (Wildman–Crippen LogP) is 4.72. The molecule has 2 aromatic rings. The molecule has 1 spiro atoms. The Balaban J connectivity index is 0.950. The van der Waals surface area contributed by atoms with Gasteiger partial charge in [-0.2, -0.15) is 13.2 Å². The Kier molecular flexibility index (Phi) is 14.4. The summed E-state index contributed by atoms with van der Waals surface area (Å²) in [5.41, 5.74) is 2.24. The average molecular weight is 818 g/mol. The lowest BCUT2D eigenvalue weighted by atomic mass is 9.84. The molecule has 4 amide bonds. The first-order valence-electron chi connectivity index (χ1n) is 20.2. The van der Waals surface area contributed by atoms with Crippen LogP contribution in [0.3, 0.4) is 0 Å². The Bertz CT molecular complexity index is 1760. The third kappa shape index (κ3) is 11.5. The molecule has 4 aliphatic rings. The summed E-state index contributed by atoms with van der Waals surface area (Å²) in [6.45, 7) is 2.46. The number of phenolic OH excluding ortho intramolecular Hbond substituents is 1. The quantitative estimate of drug-likeness (QED) is 0.185. The minimum Gasteiger partial charge on any atom is -0.506 e. The van der Waals surface area contributed by atoms with Crippen LogP contribution in [0.5, 0.6) is 11.5 Å². The van der Waals surface area contributed by atoms with E-state index in [2.05, 4.69) is 21.6 Å². The number of hydrogen-bond acceptors (Lipinski definition) is 9. The van der Waals surface area contributed by atoms with Crippen LogP contribution < -0.4 is 15.4 Å². The summed E-state index contributed by atoms with van der Waals surface area (Å²) < 4.78 is 57.1. The van der Waals surface area contributed by atoms with Gasteiger partial charge in [0, 0.05) is 45.8 Å². The van der Waals surface area contributed by atoms with Crippen molar-refractivity contribution in [3.63, 3.8) is 0 Å². The van der Waals surface area contributed by atoms with Gasteiger partial charge < -0.3 is 44.9 Å². The highest BCUT2D eigenvalue weighted by Gasteiger charge is 2.48. The number of amides is 4. The second kappa shape index (κ2) is 19.4. The Morgan fingerprint density at radius 2 is 1.79 bits per heavy atom. The zero-order valence-electron chi connectivity index (χ0n) is 32.7. The molecule has 14 nitrogen and oxygen atoms in total. The molecule has 3 aliphatic heterocycles. The van der Waals surface area contributed by atoms with E-state index >= 15 is 0 Å². The number of alkyl halides is 3. The second-order valence-corrected chi connectivity index (χ2v) is 15.8. The zero-order chi connectivity index (χ0) is 41.3. The minimum atomic E-state index is -4.89. The van der Waals surface area contributed by atoms with Crippen LogP contribution in [0.2, 0.25) is 0 Å². The van der Waals surface area contributed by atoms with E-state index in [0.717, 1.165) is 48.1 Å². The second-order valence-electron chi connectivity index (χ2n) is 15.8. The highest BCUT2D eigenvalue weighted by molar-refractivity contribution is 5.97. The maximum absolute atomic E-state index is 13.2. The number of rotatable bonds is 15. The SMILES string of the molecule is O=C(CC(OCCc1cccc(CN2CCC3(CC2)CN(C(=O)C(F)(F)F)CCO3)c1)C1CCCCC1)NCCN(CCc1ccc(O)c2c1OCC(=O)N2)C(=O)O. The first-order chi connectivity index (χ1) is 27.8. The van der Waals surface area contributed by atoms with E-state index in [4.69, 9.17) is 14.2 Å². The number of carbonyl (C=O) groups is 4. The van der Waals surface area contributed by atoms with E-state index in [0.29, 0.717) is 56.8 Å². The van der Waals surface area contributed by atoms with Crippen molar-refractivity contribution in [3.8, 4) is 11.5 Å². The fourth-order valence-electron chi connectivity index (χ4n) is 8.51. The van der Waals surface area contributed by atoms with E-state index < -0.39 is 29.7 Å². The molecule has 318 valence electrons. The Morgan fingerprint density at radius 3 is 2.53 bits per heavy atom. The molecule has 2 saturated heterocycles. The number of likely N-dealkylation sites (tertiary alicyclic amines) is 1. The summed E-state index contributed by atoms with van der Waals surface area (Å²) in [6, 6.07) is 11.3. The molecule has 2 aromatic carbocycles. The van der Waals surface area contributed by atoms with Gasteiger partial charge in [-0.25, -0.2) is 4.79 Å². The van der Waals surface area contributed by atoms with Crippen molar-refractivity contribution in [1.82, 2.24) is 20.0 Å². The van der Waals surface area contributed by atoms with E-state index in [1.165, 1.54) is 11.0 Å². The summed E-state index contributed by atoms with van der Waals surface area (Å²) in [4.78, 5) is 53.2. The van der Waals surface area contributed by atoms with Gasteiger partial charge in [0.2, 0.25) is 5.91 Å². The molecular weight excluding hydrogens is 763 g/mol. The van der Waals surface area contributed by atoms with Crippen LogP contribution in [0, 0.1) is 5.92 Å². The molecule has 1 saturated carbocycles. The molecule has 4 N–H and O–H groups in total. The minimum absolute atomic E-state index is 0.0488. The van der Waals surface area contributed by atoms with Crippen LogP contribution in [0.4, 0.5) is 23.7 Å². The molecule has 3 heterocycles. The molecule has 0 bridgehead atoms. The molecule has 1 atom stereocenters. The molecule has 0 radical (unpaired) electrons. The van der Waals surface area contributed by atoms with Gasteiger partial charge in [0.05, 0.1) is 37.9 Å². The summed E-state index contributed by atoms with van der Waals surface area (Å²) in [7, 11) is 0. The number of nitrogens with one attached hydrogen (secondary N) is 2. The van der Waals surface area contributed by atoms with Gasteiger partial charge in [-0.3, -0.25) is 19.3 Å². The molecular formula is C41H54F3N5O9.